The first kappa shape index (κ1) is 34.6. The average molecular weight is 654 g/mol. The van der Waals surface area contributed by atoms with Gasteiger partial charge in [0.15, 0.2) is 11.5 Å². The molecule has 2 bridgehead atoms. The Morgan fingerprint density at radius 3 is 1.98 bits per heavy atom. The SMILES string of the molecule is Cc1ccc(OC2C[C@H]3CC[C@@H](C2)N3Oc2ccc(C(F)(F)F)cn2)c(OCC2CC2)c1.FC(F)(F)c1ccc(Cl)nc1.[H-].[Na+]. The van der Waals surface area contributed by atoms with Gasteiger partial charge in [0.1, 0.15) is 11.3 Å². The van der Waals surface area contributed by atoms with E-state index < -0.39 is 23.5 Å². The molecule has 44 heavy (non-hydrogen) atoms. The Hall–Kier alpha value is -2.25. The van der Waals surface area contributed by atoms with Crippen LogP contribution in [0, 0.1) is 12.8 Å². The maximum absolute atomic E-state index is 12.8. The zero-order valence-electron chi connectivity index (χ0n) is 25.2. The van der Waals surface area contributed by atoms with Gasteiger partial charge in [-0.25, -0.2) is 9.97 Å². The van der Waals surface area contributed by atoms with Crippen molar-refractivity contribution in [3.63, 3.8) is 0 Å². The van der Waals surface area contributed by atoms with Gasteiger partial charge in [-0.3, -0.25) is 0 Å². The van der Waals surface area contributed by atoms with E-state index in [4.69, 9.17) is 25.9 Å². The Labute approximate surface area is 279 Å². The predicted molar refractivity (Wildman–Crippen MR) is 147 cm³/mol. The fraction of sp³-hybridized carbons (Fsp3) is 0.467. The molecule has 2 aliphatic heterocycles. The number of fused-ring (bicyclic) bond motifs is 2. The van der Waals surface area contributed by atoms with E-state index in [0.717, 1.165) is 73.7 Å². The van der Waals surface area contributed by atoms with Gasteiger partial charge in [-0.2, -0.15) is 26.3 Å². The van der Waals surface area contributed by atoms with Gasteiger partial charge in [-0.1, -0.05) is 17.7 Å². The number of piperidine rings is 1. The number of benzene rings is 1. The number of nitrogens with zero attached hydrogens (tertiary/aromatic N) is 3. The number of hydrogen-bond acceptors (Lipinski definition) is 6. The molecule has 0 N–H and O–H groups in total. The maximum atomic E-state index is 12.8. The molecule has 0 amide bonds. The number of ether oxygens (including phenoxy) is 2. The average Bonchev–Trinajstić information content (AvgIpc) is 3.74. The largest absolute Gasteiger partial charge is 1.00 e. The van der Waals surface area contributed by atoms with Crippen LogP contribution in [0.2, 0.25) is 5.15 Å². The van der Waals surface area contributed by atoms with Crippen LogP contribution < -0.4 is 43.9 Å². The predicted octanol–water partition coefficient (Wildman–Crippen LogP) is 5.44. The van der Waals surface area contributed by atoms with E-state index in [9.17, 15) is 26.3 Å². The van der Waals surface area contributed by atoms with Crippen molar-refractivity contribution in [3.05, 3.63) is 76.7 Å². The molecule has 0 spiro atoms. The van der Waals surface area contributed by atoms with E-state index in [-0.39, 0.29) is 60.2 Å². The zero-order chi connectivity index (χ0) is 30.8. The second kappa shape index (κ2) is 14.5. The number of rotatable bonds is 7. The minimum Gasteiger partial charge on any atom is -1.00 e. The Morgan fingerprint density at radius 1 is 0.841 bits per heavy atom. The van der Waals surface area contributed by atoms with Gasteiger partial charge in [-0.05, 0) is 74.4 Å². The third-order valence-electron chi connectivity index (χ3n) is 7.50. The van der Waals surface area contributed by atoms with Crippen LogP contribution in [0.1, 0.15) is 56.6 Å². The molecule has 1 unspecified atom stereocenters. The summed E-state index contributed by atoms with van der Waals surface area (Å²) in [6.45, 7) is 2.77. The molecule has 2 aromatic heterocycles. The van der Waals surface area contributed by atoms with Gasteiger partial charge < -0.3 is 15.7 Å². The van der Waals surface area contributed by atoms with E-state index in [0.29, 0.717) is 12.1 Å². The summed E-state index contributed by atoms with van der Waals surface area (Å²) in [7, 11) is 0. The molecule has 3 atom stereocenters. The number of alkyl halides is 6. The van der Waals surface area contributed by atoms with Crippen LogP contribution in [0.4, 0.5) is 26.3 Å². The van der Waals surface area contributed by atoms with E-state index in [1.54, 1.807) is 0 Å². The Bertz CT molecular complexity index is 1370. The van der Waals surface area contributed by atoms with Crippen molar-refractivity contribution in [2.45, 2.75) is 76.0 Å². The van der Waals surface area contributed by atoms with Crippen molar-refractivity contribution in [2.24, 2.45) is 5.92 Å². The minimum atomic E-state index is -4.41. The molecule has 4 heterocycles. The summed E-state index contributed by atoms with van der Waals surface area (Å²) in [4.78, 5) is 13.0. The van der Waals surface area contributed by atoms with E-state index in [1.807, 2.05) is 30.2 Å². The Kier molecular flexibility index (Phi) is 11.4. The third-order valence-corrected chi connectivity index (χ3v) is 7.73. The quantitative estimate of drug-likeness (QED) is 0.193. The van der Waals surface area contributed by atoms with Crippen molar-refractivity contribution >= 4 is 11.6 Å². The Morgan fingerprint density at radius 2 is 1.45 bits per heavy atom. The summed E-state index contributed by atoms with van der Waals surface area (Å²) < 4.78 is 86.2. The van der Waals surface area contributed by atoms with Crippen molar-refractivity contribution < 1.29 is 71.6 Å². The minimum absolute atomic E-state index is 0. The van der Waals surface area contributed by atoms with Crippen molar-refractivity contribution in [1.29, 1.82) is 0 Å². The summed E-state index contributed by atoms with van der Waals surface area (Å²) in [5, 5.41) is 1.95. The summed E-state index contributed by atoms with van der Waals surface area (Å²) in [5.74, 6) is 2.43. The van der Waals surface area contributed by atoms with Gasteiger partial charge >= 0.3 is 41.9 Å². The molecular formula is C30H31ClF6N3NaO3. The molecule has 3 fully saturated rings. The van der Waals surface area contributed by atoms with Crippen LogP contribution in [-0.2, 0) is 12.4 Å². The zero-order valence-corrected chi connectivity index (χ0v) is 26.9. The fourth-order valence-electron chi connectivity index (χ4n) is 5.08. The van der Waals surface area contributed by atoms with Gasteiger partial charge in [0, 0.05) is 43.4 Å². The van der Waals surface area contributed by atoms with Gasteiger partial charge in [0.2, 0.25) is 5.88 Å². The molecule has 6 rings (SSSR count). The molecule has 0 radical (unpaired) electrons. The Balaban J connectivity index is 0.000000363. The molecule has 1 aliphatic carbocycles. The molecule has 6 nitrogen and oxygen atoms in total. The number of aryl methyl sites for hydroxylation is 1. The number of pyridine rings is 2. The van der Waals surface area contributed by atoms with Gasteiger partial charge in [-0.15, -0.1) is 5.06 Å². The van der Waals surface area contributed by atoms with Crippen molar-refractivity contribution in [2.75, 3.05) is 6.61 Å². The second-order valence-electron chi connectivity index (χ2n) is 11.0. The summed E-state index contributed by atoms with van der Waals surface area (Å²) in [6.07, 6.45) is -1.23. The first-order chi connectivity index (χ1) is 20.3. The summed E-state index contributed by atoms with van der Waals surface area (Å²) >= 11 is 5.28. The van der Waals surface area contributed by atoms with E-state index >= 15 is 0 Å². The smallest absolute Gasteiger partial charge is 1.00 e. The molecule has 1 saturated carbocycles. The normalized spacial score (nSPS) is 21.5. The van der Waals surface area contributed by atoms with Gasteiger partial charge in [0.05, 0.1) is 17.7 Å². The molecule has 234 valence electrons. The second-order valence-corrected chi connectivity index (χ2v) is 11.4. The van der Waals surface area contributed by atoms with Crippen LogP contribution in [0.3, 0.4) is 0 Å². The fourth-order valence-corrected chi connectivity index (χ4v) is 5.19. The van der Waals surface area contributed by atoms with Crippen LogP contribution >= 0.6 is 11.6 Å². The van der Waals surface area contributed by atoms with Crippen LogP contribution in [0.15, 0.2) is 54.9 Å². The third kappa shape index (κ3) is 9.38. The summed E-state index contributed by atoms with van der Waals surface area (Å²) in [5.41, 5.74) is -0.435. The molecule has 1 aromatic carbocycles. The standard InChI is InChI=1S/C24H27F3N2O3.C6H3ClF3N.Na.H/c1-15-2-8-21(22(10-15)30-14-16-3-4-16)31-20-11-18-6-7-19(12-20)29(18)32-23-9-5-17(13-28-23)24(25,26)27;7-5-2-1-4(3-11-5)6(8,9)10;;/h2,5,8-10,13,16,18-20H,3-4,6-7,11-12,14H2,1H3;1-3H;;/q;;+1;-1/t18-,19+,20?;;;. The van der Waals surface area contributed by atoms with E-state index in [1.165, 1.54) is 18.9 Å². The van der Waals surface area contributed by atoms with Gasteiger partial charge in [0.25, 0.3) is 0 Å². The van der Waals surface area contributed by atoms with Crippen molar-refractivity contribution in [1.82, 2.24) is 15.0 Å². The summed E-state index contributed by atoms with van der Waals surface area (Å²) in [6, 6.07) is 10.6. The van der Waals surface area contributed by atoms with Crippen LogP contribution in [0.5, 0.6) is 17.4 Å². The number of hydroxylamine groups is 2. The van der Waals surface area contributed by atoms with Crippen LogP contribution in [0.25, 0.3) is 0 Å². The van der Waals surface area contributed by atoms with E-state index in [2.05, 4.69) is 9.97 Å². The number of aromatic nitrogens is 2. The van der Waals surface area contributed by atoms with Crippen molar-refractivity contribution in [3.8, 4) is 17.4 Å². The molecule has 2 saturated heterocycles. The molecule has 3 aromatic rings. The first-order valence-corrected chi connectivity index (χ1v) is 14.3. The molecular weight excluding hydrogens is 623 g/mol. The molecule has 14 heteroatoms. The molecule has 3 aliphatic rings. The first-order valence-electron chi connectivity index (χ1n) is 13.9. The monoisotopic (exact) mass is 653 g/mol. The number of halogens is 7. The number of hydrogen-bond donors (Lipinski definition) is 0. The topological polar surface area (TPSA) is 56.7 Å². The van der Waals surface area contributed by atoms with Crippen LogP contribution in [-0.4, -0.2) is 39.8 Å². The maximum Gasteiger partial charge on any atom is 1.00 e.